The summed E-state index contributed by atoms with van der Waals surface area (Å²) in [7, 11) is 0. The predicted molar refractivity (Wildman–Crippen MR) is 109 cm³/mol. The number of nitrogens with zero attached hydrogens (tertiary/aromatic N) is 1. The minimum absolute atomic E-state index is 0.105. The molecule has 6 heteroatoms. The second-order valence-electron chi connectivity index (χ2n) is 6.03. The van der Waals surface area contributed by atoms with Gasteiger partial charge in [-0.3, -0.25) is 14.5 Å². The summed E-state index contributed by atoms with van der Waals surface area (Å²) in [4.78, 5) is 28.0. The fourth-order valence-electron chi connectivity index (χ4n) is 3.19. The van der Waals surface area contributed by atoms with Gasteiger partial charge in [0.05, 0.1) is 16.5 Å². The summed E-state index contributed by atoms with van der Waals surface area (Å²) in [6.45, 7) is 0. The van der Waals surface area contributed by atoms with E-state index in [9.17, 15) is 14.7 Å². The lowest BCUT2D eigenvalue weighted by Crippen LogP contribution is -2.30. The second kappa shape index (κ2) is 7.13. The summed E-state index contributed by atoms with van der Waals surface area (Å²) in [5, 5.41) is 12.4. The number of anilines is 1. The summed E-state index contributed by atoms with van der Waals surface area (Å²) >= 11 is 4.69. The fraction of sp³-hybridized carbons (Fsp3) is 0.0476. The maximum absolute atomic E-state index is 13.1. The molecule has 0 bridgehead atoms. The molecule has 4 nitrogen and oxygen atoms in total. The third-order valence-electron chi connectivity index (χ3n) is 4.42. The van der Waals surface area contributed by atoms with Crippen LogP contribution in [0.15, 0.2) is 87.9 Å². The van der Waals surface area contributed by atoms with Gasteiger partial charge >= 0.3 is 0 Å². The topological polar surface area (TPSA) is 57.6 Å². The van der Waals surface area contributed by atoms with Gasteiger partial charge in [-0.15, -0.1) is 11.3 Å². The van der Waals surface area contributed by atoms with Crippen molar-refractivity contribution < 1.29 is 14.7 Å². The molecule has 0 fully saturated rings. The molecule has 1 aromatic heterocycles. The van der Waals surface area contributed by atoms with Crippen LogP contribution in [0.2, 0.25) is 0 Å². The number of para-hydroxylation sites is 1. The van der Waals surface area contributed by atoms with E-state index >= 15 is 0 Å². The van der Waals surface area contributed by atoms with Gasteiger partial charge in [-0.05, 0) is 41.3 Å². The SMILES string of the molecule is O=C(C1=C(O)C(=O)N(c2ccccc2)[C@@H]1c1ccc(Br)cc1)c1cccs1. The van der Waals surface area contributed by atoms with Crippen LogP contribution in [-0.2, 0) is 4.79 Å². The summed E-state index contributed by atoms with van der Waals surface area (Å²) in [6, 6.07) is 19.2. The first-order chi connectivity index (χ1) is 13.1. The number of halogens is 1. The van der Waals surface area contributed by atoms with Crippen LogP contribution in [0.5, 0.6) is 0 Å². The summed E-state index contributed by atoms with van der Waals surface area (Å²) < 4.78 is 0.890. The van der Waals surface area contributed by atoms with Gasteiger partial charge in [0.1, 0.15) is 0 Å². The van der Waals surface area contributed by atoms with Gasteiger partial charge < -0.3 is 5.11 Å². The van der Waals surface area contributed by atoms with Crippen LogP contribution in [0.3, 0.4) is 0 Å². The third kappa shape index (κ3) is 3.11. The highest BCUT2D eigenvalue weighted by Crippen LogP contribution is 2.42. The molecule has 1 aliphatic heterocycles. The molecular formula is C21H14BrNO3S. The van der Waals surface area contributed by atoms with Crippen molar-refractivity contribution >= 4 is 44.6 Å². The van der Waals surface area contributed by atoms with E-state index in [0.29, 0.717) is 10.6 Å². The number of aliphatic hydroxyl groups is 1. The Hall–Kier alpha value is -2.70. The maximum Gasteiger partial charge on any atom is 0.294 e. The van der Waals surface area contributed by atoms with Crippen molar-refractivity contribution in [1.82, 2.24) is 0 Å². The zero-order chi connectivity index (χ0) is 19.0. The average Bonchev–Trinajstić information content (AvgIpc) is 3.31. The highest BCUT2D eigenvalue weighted by Gasteiger charge is 2.44. The molecular weight excluding hydrogens is 426 g/mol. The molecule has 0 aliphatic carbocycles. The number of amides is 1. The summed E-state index contributed by atoms with van der Waals surface area (Å²) in [6.07, 6.45) is 0. The van der Waals surface area contributed by atoms with Crippen molar-refractivity contribution in [1.29, 1.82) is 0 Å². The Morgan fingerprint density at radius 1 is 1.00 bits per heavy atom. The van der Waals surface area contributed by atoms with Crippen molar-refractivity contribution in [3.63, 3.8) is 0 Å². The number of thiophene rings is 1. The monoisotopic (exact) mass is 439 g/mol. The first-order valence-corrected chi connectivity index (χ1v) is 9.90. The molecule has 0 saturated heterocycles. The number of carbonyl (C=O) groups is 2. The van der Waals surface area contributed by atoms with Gasteiger partial charge in [-0.25, -0.2) is 0 Å². The number of ketones is 1. The van der Waals surface area contributed by atoms with Gasteiger partial charge in [-0.2, -0.15) is 0 Å². The average molecular weight is 440 g/mol. The lowest BCUT2D eigenvalue weighted by atomic mass is 9.95. The van der Waals surface area contributed by atoms with Crippen molar-refractivity contribution in [3.05, 3.63) is 98.4 Å². The number of hydrogen-bond donors (Lipinski definition) is 1. The van der Waals surface area contributed by atoms with E-state index in [2.05, 4.69) is 15.9 Å². The lowest BCUT2D eigenvalue weighted by Gasteiger charge is -2.26. The van der Waals surface area contributed by atoms with Gasteiger partial charge in [0.25, 0.3) is 5.91 Å². The van der Waals surface area contributed by atoms with E-state index in [1.54, 1.807) is 29.6 Å². The van der Waals surface area contributed by atoms with Crippen LogP contribution in [0.25, 0.3) is 0 Å². The molecule has 2 aromatic carbocycles. The van der Waals surface area contributed by atoms with Gasteiger partial charge in [0, 0.05) is 10.2 Å². The van der Waals surface area contributed by atoms with Crippen LogP contribution in [0.1, 0.15) is 21.3 Å². The largest absolute Gasteiger partial charge is 0.503 e. The van der Waals surface area contributed by atoms with Crippen molar-refractivity contribution in [2.45, 2.75) is 6.04 Å². The molecule has 2 heterocycles. The molecule has 0 radical (unpaired) electrons. The first kappa shape index (κ1) is 17.7. The predicted octanol–water partition coefficient (Wildman–Crippen LogP) is 5.29. The molecule has 4 rings (SSSR count). The van der Waals surface area contributed by atoms with Gasteiger partial charge in [0.2, 0.25) is 5.78 Å². The standard InChI is InChI=1S/C21H14BrNO3S/c22-14-10-8-13(9-11-14)18-17(19(24)16-7-4-12-27-16)20(25)21(26)23(18)15-5-2-1-3-6-15/h1-12,18,25H/t18-/m1/s1. The number of hydrogen-bond acceptors (Lipinski definition) is 4. The van der Waals surface area contributed by atoms with Crippen LogP contribution >= 0.6 is 27.3 Å². The Morgan fingerprint density at radius 3 is 2.33 bits per heavy atom. The van der Waals surface area contributed by atoms with Crippen LogP contribution in [-0.4, -0.2) is 16.8 Å². The Balaban J connectivity index is 1.88. The van der Waals surface area contributed by atoms with Crippen molar-refractivity contribution in [3.8, 4) is 0 Å². The number of rotatable bonds is 4. The molecule has 1 aliphatic rings. The third-order valence-corrected chi connectivity index (χ3v) is 5.82. The fourth-order valence-corrected chi connectivity index (χ4v) is 4.14. The first-order valence-electron chi connectivity index (χ1n) is 8.23. The zero-order valence-corrected chi connectivity index (χ0v) is 16.4. The number of aliphatic hydroxyl groups excluding tert-OH is 1. The van der Waals surface area contributed by atoms with Gasteiger partial charge in [0.15, 0.2) is 5.76 Å². The minimum atomic E-state index is -0.692. The Bertz CT molecular complexity index is 1030. The molecule has 134 valence electrons. The molecule has 1 amide bonds. The Labute approximate surface area is 168 Å². The van der Waals surface area contributed by atoms with E-state index in [4.69, 9.17) is 0 Å². The normalized spacial score (nSPS) is 16.9. The molecule has 1 N–H and O–H groups in total. The molecule has 27 heavy (non-hydrogen) atoms. The van der Waals surface area contributed by atoms with Crippen LogP contribution in [0, 0.1) is 0 Å². The van der Waals surface area contributed by atoms with Crippen molar-refractivity contribution in [2.24, 2.45) is 0 Å². The number of benzene rings is 2. The molecule has 1 atom stereocenters. The number of carbonyl (C=O) groups excluding carboxylic acids is 2. The van der Waals surface area contributed by atoms with E-state index in [1.807, 2.05) is 42.5 Å². The highest BCUT2D eigenvalue weighted by molar-refractivity contribution is 9.10. The van der Waals surface area contributed by atoms with Crippen LogP contribution < -0.4 is 4.90 Å². The second-order valence-corrected chi connectivity index (χ2v) is 7.90. The smallest absolute Gasteiger partial charge is 0.294 e. The minimum Gasteiger partial charge on any atom is -0.503 e. The van der Waals surface area contributed by atoms with E-state index in [1.165, 1.54) is 16.2 Å². The van der Waals surface area contributed by atoms with Gasteiger partial charge in [-0.1, -0.05) is 52.3 Å². The molecule has 0 spiro atoms. The Morgan fingerprint density at radius 2 is 1.70 bits per heavy atom. The molecule has 3 aromatic rings. The molecule has 0 unspecified atom stereocenters. The van der Waals surface area contributed by atoms with E-state index in [0.717, 1.165) is 10.0 Å². The van der Waals surface area contributed by atoms with E-state index in [-0.39, 0.29) is 11.4 Å². The summed E-state index contributed by atoms with van der Waals surface area (Å²) in [5.41, 5.74) is 1.48. The Kier molecular flexibility index (Phi) is 4.68. The summed E-state index contributed by atoms with van der Waals surface area (Å²) in [5.74, 6) is -1.40. The highest BCUT2D eigenvalue weighted by atomic mass is 79.9. The number of Topliss-reactive ketones (excluding diaryl/α,β-unsaturated/α-hetero) is 1. The van der Waals surface area contributed by atoms with E-state index < -0.39 is 17.7 Å². The maximum atomic E-state index is 13.1. The quantitative estimate of drug-likeness (QED) is 0.561. The lowest BCUT2D eigenvalue weighted by molar-refractivity contribution is -0.117. The molecule has 0 saturated carbocycles. The van der Waals surface area contributed by atoms with Crippen LogP contribution in [0.4, 0.5) is 5.69 Å². The zero-order valence-electron chi connectivity index (χ0n) is 14.0. The van der Waals surface area contributed by atoms with Crippen molar-refractivity contribution in [2.75, 3.05) is 4.90 Å².